The van der Waals surface area contributed by atoms with Crippen LogP contribution in [0.2, 0.25) is 0 Å². The van der Waals surface area contributed by atoms with Crippen LogP contribution in [-0.2, 0) is 9.47 Å². The van der Waals surface area contributed by atoms with E-state index in [0.717, 1.165) is 26.1 Å². The van der Waals surface area contributed by atoms with Crippen LogP contribution in [0.15, 0.2) is 12.2 Å². The van der Waals surface area contributed by atoms with Crippen molar-refractivity contribution in [3.8, 4) is 0 Å². The summed E-state index contributed by atoms with van der Waals surface area (Å²) in [4.78, 5) is 0. The fourth-order valence-electron chi connectivity index (χ4n) is 1.96. The minimum atomic E-state index is 0.455. The maximum atomic E-state index is 5.46. The fourth-order valence-corrected chi connectivity index (χ4v) is 2.32. The van der Waals surface area contributed by atoms with E-state index in [2.05, 4.69) is 41.7 Å². The van der Waals surface area contributed by atoms with Crippen LogP contribution in [0.4, 0.5) is 0 Å². The predicted octanol–water partition coefficient (Wildman–Crippen LogP) is 5.89. The van der Waals surface area contributed by atoms with Gasteiger partial charge in [0.2, 0.25) is 0 Å². The van der Waals surface area contributed by atoms with Crippen LogP contribution in [0, 0.1) is 0 Å². The number of hydrogen-bond donors (Lipinski definition) is 0. The largest absolute Gasteiger partial charge is 0.355 e. The summed E-state index contributed by atoms with van der Waals surface area (Å²) in [7, 11) is 0. The molecule has 0 atom stereocenters. The topological polar surface area (TPSA) is 18.5 Å². The molecule has 0 N–H and O–H groups in total. The van der Waals surface area contributed by atoms with Crippen molar-refractivity contribution in [1.29, 1.82) is 0 Å². The first-order valence-electron chi connectivity index (χ1n) is 8.28. The molecular formula is C17H33IO2. The van der Waals surface area contributed by atoms with Crippen LogP contribution in [-0.4, -0.2) is 24.4 Å². The molecule has 0 aliphatic heterocycles. The van der Waals surface area contributed by atoms with Gasteiger partial charge < -0.3 is 9.47 Å². The van der Waals surface area contributed by atoms with Gasteiger partial charge in [0.25, 0.3) is 0 Å². The number of rotatable bonds is 16. The van der Waals surface area contributed by atoms with Gasteiger partial charge in [0.15, 0.2) is 0 Å². The van der Waals surface area contributed by atoms with Gasteiger partial charge in [-0.2, -0.15) is 0 Å². The summed E-state index contributed by atoms with van der Waals surface area (Å²) >= 11 is 2.39. The molecule has 0 saturated heterocycles. The Morgan fingerprint density at radius 1 is 0.750 bits per heavy atom. The highest BCUT2D eigenvalue weighted by molar-refractivity contribution is 14.1. The van der Waals surface area contributed by atoms with Crippen LogP contribution in [0.3, 0.4) is 0 Å². The van der Waals surface area contributed by atoms with E-state index < -0.39 is 0 Å². The fraction of sp³-hybridized carbons (Fsp3) is 0.882. The SMILES string of the molecule is CCCCCCCCCCOCOCC/C=C\CCI. The Morgan fingerprint density at radius 3 is 2.05 bits per heavy atom. The molecule has 120 valence electrons. The van der Waals surface area contributed by atoms with Crippen LogP contribution >= 0.6 is 22.6 Å². The van der Waals surface area contributed by atoms with Gasteiger partial charge in [-0.1, -0.05) is 86.6 Å². The lowest BCUT2D eigenvalue weighted by atomic mass is 10.1. The summed E-state index contributed by atoms with van der Waals surface area (Å²) in [5.41, 5.74) is 0. The van der Waals surface area contributed by atoms with Crippen molar-refractivity contribution < 1.29 is 9.47 Å². The van der Waals surface area contributed by atoms with Gasteiger partial charge in [-0.15, -0.1) is 0 Å². The summed E-state index contributed by atoms with van der Waals surface area (Å²) in [6.45, 7) is 4.34. The molecule has 0 heterocycles. The molecule has 2 nitrogen and oxygen atoms in total. The van der Waals surface area contributed by atoms with Crippen molar-refractivity contribution in [2.45, 2.75) is 71.1 Å². The van der Waals surface area contributed by atoms with Crippen LogP contribution < -0.4 is 0 Å². The standard InChI is InChI=1S/C17H33IO2/c1-2-3-4-5-6-7-9-12-15-19-17-20-16-13-10-8-11-14-18/h8,10H,2-7,9,11-17H2,1H3/b10-8-. The Labute approximate surface area is 139 Å². The molecular weight excluding hydrogens is 363 g/mol. The Hall–Kier alpha value is 0.390. The van der Waals surface area contributed by atoms with Gasteiger partial charge in [-0.05, 0) is 19.3 Å². The molecule has 0 aromatic rings. The maximum absolute atomic E-state index is 5.46. The third kappa shape index (κ3) is 18.4. The average molecular weight is 396 g/mol. The highest BCUT2D eigenvalue weighted by Crippen LogP contribution is 2.08. The van der Waals surface area contributed by atoms with E-state index in [-0.39, 0.29) is 0 Å². The predicted molar refractivity (Wildman–Crippen MR) is 96.6 cm³/mol. The lowest BCUT2D eigenvalue weighted by Crippen LogP contribution is -2.02. The minimum Gasteiger partial charge on any atom is -0.355 e. The van der Waals surface area contributed by atoms with Crippen molar-refractivity contribution in [3.63, 3.8) is 0 Å². The zero-order valence-electron chi connectivity index (χ0n) is 13.2. The van der Waals surface area contributed by atoms with E-state index >= 15 is 0 Å². The molecule has 0 aromatic heterocycles. The van der Waals surface area contributed by atoms with E-state index in [0.29, 0.717) is 6.79 Å². The molecule has 0 saturated carbocycles. The van der Waals surface area contributed by atoms with Crippen molar-refractivity contribution >= 4 is 22.6 Å². The van der Waals surface area contributed by atoms with Crippen LogP contribution in [0.1, 0.15) is 71.1 Å². The van der Waals surface area contributed by atoms with Crippen molar-refractivity contribution in [1.82, 2.24) is 0 Å². The summed E-state index contributed by atoms with van der Waals surface area (Å²) in [6, 6.07) is 0. The summed E-state index contributed by atoms with van der Waals surface area (Å²) in [5, 5.41) is 0. The summed E-state index contributed by atoms with van der Waals surface area (Å²) < 4.78 is 12.1. The zero-order chi connectivity index (χ0) is 14.7. The van der Waals surface area contributed by atoms with Crippen molar-refractivity contribution in [2.24, 2.45) is 0 Å². The molecule has 20 heavy (non-hydrogen) atoms. The number of hydrogen-bond acceptors (Lipinski definition) is 2. The molecule has 0 fully saturated rings. The number of allylic oxidation sites excluding steroid dienone is 1. The molecule has 0 radical (unpaired) electrons. The van der Waals surface area contributed by atoms with Gasteiger partial charge in [0, 0.05) is 11.0 Å². The molecule has 0 aliphatic rings. The number of unbranched alkanes of at least 4 members (excludes halogenated alkanes) is 7. The molecule has 0 bridgehead atoms. The third-order valence-electron chi connectivity index (χ3n) is 3.18. The van der Waals surface area contributed by atoms with E-state index in [1.807, 2.05) is 0 Å². The Balaban J connectivity index is 2.96. The van der Waals surface area contributed by atoms with Crippen LogP contribution in [0.25, 0.3) is 0 Å². The first kappa shape index (κ1) is 20.4. The number of ether oxygens (including phenoxy) is 2. The van der Waals surface area contributed by atoms with Gasteiger partial charge in [-0.25, -0.2) is 0 Å². The van der Waals surface area contributed by atoms with Gasteiger partial charge in [0.05, 0.1) is 6.61 Å². The van der Waals surface area contributed by atoms with Gasteiger partial charge in [-0.3, -0.25) is 0 Å². The first-order valence-corrected chi connectivity index (χ1v) is 9.80. The molecule has 0 aromatic carbocycles. The number of halogens is 1. The van der Waals surface area contributed by atoms with E-state index in [1.165, 1.54) is 55.8 Å². The number of alkyl halides is 1. The molecule has 0 spiro atoms. The maximum Gasteiger partial charge on any atom is 0.146 e. The molecule has 0 aliphatic carbocycles. The van der Waals surface area contributed by atoms with Crippen LogP contribution in [0.5, 0.6) is 0 Å². The van der Waals surface area contributed by atoms with E-state index in [9.17, 15) is 0 Å². The first-order chi connectivity index (χ1) is 9.91. The zero-order valence-corrected chi connectivity index (χ0v) is 15.4. The van der Waals surface area contributed by atoms with Crippen molar-refractivity contribution in [3.05, 3.63) is 12.2 Å². The second-order valence-corrected chi connectivity index (χ2v) is 6.23. The monoisotopic (exact) mass is 396 g/mol. The Morgan fingerprint density at radius 2 is 1.35 bits per heavy atom. The second-order valence-electron chi connectivity index (χ2n) is 5.15. The van der Waals surface area contributed by atoms with Crippen molar-refractivity contribution in [2.75, 3.05) is 24.4 Å². The second kappa shape index (κ2) is 19.4. The van der Waals surface area contributed by atoms with E-state index in [4.69, 9.17) is 9.47 Å². The van der Waals surface area contributed by atoms with E-state index in [1.54, 1.807) is 0 Å². The Kier molecular flexibility index (Phi) is 19.8. The molecule has 3 heteroatoms. The molecule has 0 rings (SSSR count). The summed E-state index contributed by atoms with van der Waals surface area (Å²) in [6.07, 6.45) is 17.3. The Bertz CT molecular complexity index is 195. The molecule has 0 amide bonds. The lowest BCUT2D eigenvalue weighted by Gasteiger charge is -2.05. The van der Waals surface area contributed by atoms with Gasteiger partial charge in [0.1, 0.15) is 6.79 Å². The normalized spacial score (nSPS) is 11.5. The minimum absolute atomic E-state index is 0.455. The smallest absolute Gasteiger partial charge is 0.146 e. The highest BCUT2D eigenvalue weighted by atomic mass is 127. The lowest BCUT2D eigenvalue weighted by molar-refractivity contribution is -0.0531. The summed E-state index contributed by atoms with van der Waals surface area (Å²) in [5.74, 6) is 0. The molecule has 0 unspecified atom stereocenters. The highest BCUT2D eigenvalue weighted by Gasteiger charge is 1.92. The average Bonchev–Trinajstić information content (AvgIpc) is 2.47. The third-order valence-corrected chi connectivity index (χ3v) is 3.80. The van der Waals surface area contributed by atoms with Gasteiger partial charge >= 0.3 is 0 Å². The quantitative estimate of drug-likeness (QED) is 0.107.